The van der Waals surface area contributed by atoms with Crippen molar-refractivity contribution in [2.24, 2.45) is 0 Å². The molecule has 4 heterocycles. The van der Waals surface area contributed by atoms with Crippen LogP contribution in [0.3, 0.4) is 0 Å². The van der Waals surface area contributed by atoms with Crippen molar-refractivity contribution >= 4 is 17.3 Å². The first-order valence-corrected chi connectivity index (χ1v) is 11.1. The highest BCUT2D eigenvalue weighted by atomic mass is 16.5. The second-order valence-corrected chi connectivity index (χ2v) is 9.92. The van der Waals surface area contributed by atoms with Gasteiger partial charge in [0.25, 0.3) is 0 Å². The maximum atomic E-state index is 12.3. The largest absolute Gasteiger partial charge is 0.461 e. The molecule has 0 fully saturated rings. The van der Waals surface area contributed by atoms with E-state index in [1.807, 2.05) is 35.0 Å². The average molecular weight is 444 g/mol. The molecule has 7 heteroatoms. The Morgan fingerprint density at radius 2 is 1.73 bits per heavy atom. The molecule has 0 saturated heterocycles. The number of nitriles is 1. The molecule has 4 aromatic rings. The summed E-state index contributed by atoms with van der Waals surface area (Å²) in [7, 11) is 0. The van der Waals surface area contributed by atoms with Crippen LogP contribution < -0.4 is 0 Å². The number of carbonyl (C=O) groups excluding carboxylic acids is 1. The number of nitrogens with zero attached hydrogens (tertiary/aromatic N) is 5. The predicted octanol–water partition coefficient (Wildman–Crippen LogP) is 4.85. The fourth-order valence-electron chi connectivity index (χ4n) is 4.35. The highest BCUT2D eigenvalue weighted by Gasteiger charge is 2.30. The lowest BCUT2D eigenvalue weighted by atomic mass is 9.80. The summed E-state index contributed by atoms with van der Waals surface area (Å²) in [5.41, 5.74) is 4.77. The van der Waals surface area contributed by atoms with E-state index in [9.17, 15) is 10.1 Å². The van der Waals surface area contributed by atoms with Crippen LogP contribution in [0, 0.1) is 11.3 Å². The number of carbonyl (C=O) groups is 1. The minimum atomic E-state index is -0.401. The molecule has 0 aromatic carbocycles. The first-order valence-electron chi connectivity index (χ1n) is 11.1. The Kier molecular flexibility index (Phi) is 5.49. The number of pyridine rings is 2. The molecule has 4 aromatic heterocycles. The van der Waals surface area contributed by atoms with Crippen LogP contribution >= 0.6 is 0 Å². The van der Waals surface area contributed by atoms with Crippen molar-refractivity contribution in [2.45, 2.75) is 58.8 Å². The van der Waals surface area contributed by atoms with Gasteiger partial charge in [0.15, 0.2) is 5.69 Å². The molecule has 0 amide bonds. The topological polar surface area (TPSA) is 84.7 Å². The Balaban J connectivity index is 1.81. The standard InChI is InChI=1S/C26H29N5O2/c1-7-33-24(32)21-16-28-22-18(11-9-13-31(21)22)26(5,6)14-19-20(15-27)30-12-8-10-17(23(30)29-19)25(2,3)4/h8-13,16H,7,14H2,1-6H3. The average Bonchev–Trinajstić information content (AvgIpc) is 3.33. The summed E-state index contributed by atoms with van der Waals surface area (Å²) in [6.45, 7) is 12.7. The summed E-state index contributed by atoms with van der Waals surface area (Å²) in [5.74, 6) is -0.401. The molecule has 7 nitrogen and oxygen atoms in total. The zero-order chi connectivity index (χ0) is 24.0. The maximum absolute atomic E-state index is 12.3. The molecule has 4 rings (SSSR count). The number of hydrogen-bond acceptors (Lipinski definition) is 5. The molecule has 170 valence electrons. The quantitative estimate of drug-likeness (QED) is 0.412. The molecule has 0 atom stereocenters. The number of esters is 1. The zero-order valence-electron chi connectivity index (χ0n) is 20.0. The van der Waals surface area contributed by atoms with Gasteiger partial charge in [0.05, 0.1) is 18.5 Å². The third kappa shape index (κ3) is 3.86. The Morgan fingerprint density at radius 3 is 2.36 bits per heavy atom. The first kappa shape index (κ1) is 22.5. The normalized spacial score (nSPS) is 12.3. The Hall–Kier alpha value is -3.66. The van der Waals surface area contributed by atoms with Crippen LogP contribution in [0.5, 0.6) is 0 Å². The summed E-state index contributed by atoms with van der Waals surface area (Å²) < 4.78 is 8.82. The summed E-state index contributed by atoms with van der Waals surface area (Å²) in [4.78, 5) is 21.8. The molecular formula is C26H29N5O2. The van der Waals surface area contributed by atoms with Crippen molar-refractivity contribution in [3.63, 3.8) is 0 Å². The minimum absolute atomic E-state index is 0.0989. The highest BCUT2D eigenvalue weighted by Crippen LogP contribution is 2.33. The number of fused-ring (bicyclic) bond motifs is 2. The SMILES string of the molecule is CCOC(=O)c1cnc2c(C(C)(C)Cc3nc4c(C(C)(C)C)cccn4c3C#N)cccn12. The van der Waals surface area contributed by atoms with Gasteiger partial charge in [-0.2, -0.15) is 5.26 Å². The van der Waals surface area contributed by atoms with Gasteiger partial charge in [-0.1, -0.05) is 46.8 Å². The van der Waals surface area contributed by atoms with Gasteiger partial charge in [-0.25, -0.2) is 14.8 Å². The molecule has 0 saturated carbocycles. The predicted molar refractivity (Wildman–Crippen MR) is 126 cm³/mol. The lowest BCUT2D eigenvalue weighted by Crippen LogP contribution is -2.23. The second-order valence-electron chi connectivity index (χ2n) is 9.92. The van der Waals surface area contributed by atoms with Gasteiger partial charge in [0.2, 0.25) is 0 Å². The first-order chi connectivity index (χ1) is 15.6. The van der Waals surface area contributed by atoms with Gasteiger partial charge < -0.3 is 4.74 Å². The number of hydrogen-bond donors (Lipinski definition) is 0. The van der Waals surface area contributed by atoms with Crippen LogP contribution in [-0.4, -0.2) is 31.3 Å². The van der Waals surface area contributed by atoms with E-state index in [4.69, 9.17) is 9.72 Å². The summed E-state index contributed by atoms with van der Waals surface area (Å²) in [6, 6.07) is 10.3. The number of ether oxygens (including phenoxy) is 1. The van der Waals surface area contributed by atoms with Crippen molar-refractivity contribution < 1.29 is 9.53 Å². The lowest BCUT2D eigenvalue weighted by molar-refractivity contribution is 0.0518. The lowest BCUT2D eigenvalue weighted by Gasteiger charge is -2.25. The molecule has 0 N–H and O–H groups in total. The second kappa shape index (κ2) is 8.04. The molecule has 0 aliphatic rings. The van der Waals surface area contributed by atoms with Crippen LogP contribution in [0.15, 0.2) is 42.9 Å². The smallest absolute Gasteiger partial charge is 0.356 e. The third-order valence-corrected chi connectivity index (χ3v) is 6.00. The van der Waals surface area contributed by atoms with E-state index < -0.39 is 11.4 Å². The van der Waals surface area contributed by atoms with Crippen LogP contribution in [0.25, 0.3) is 11.3 Å². The van der Waals surface area contributed by atoms with Crippen LogP contribution in [0.2, 0.25) is 0 Å². The molecule has 0 unspecified atom stereocenters. The van der Waals surface area contributed by atoms with Crippen LogP contribution in [0.1, 0.15) is 74.5 Å². The molecule has 0 aliphatic carbocycles. The number of rotatable bonds is 5. The number of aromatic nitrogens is 4. The fourth-order valence-corrected chi connectivity index (χ4v) is 4.35. The van der Waals surface area contributed by atoms with Gasteiger partial charge in [0.1, 0.15) is 23.1 Å². The molecule has 33 heavy (non-hydrogen) atoms. The molecule has 0 aliphatic heterocycles. The summed E-state index contributed by atoms with van der Waals surface area (Å²) in [6.07, 6.45) is 5.81. The molecule has 0 radical (unpaired) electrons. The minimum Gasteiger partial charge on any atom is -0.461 e. The highest BCUT2D eigenvalue weighted by molar-refractivity contribution is 5.88. The van der Waals surface area contributed by atoms with E-state index in [1.54, 1.807) is 17.5 Å². The Morgan fingerprint density at radius 1 is 1.06 bits per heavy atom. The molecule has 0 spiro atoms. The van der Waals surface area contributed by atoms with Crippen LogP contribution in [0.4, 0.5) is 0 Å². The van der Waals surface area contributed by atoms with Gasteiger partial charge >= 0.3 is 5.97 Å². The van der Waals surface area contributed by atoms with Crippen molar-refractivity contribution in [3.8, 4) is 6.07 Å². The molecular weight excluding hydrogens is 414 g/mol. The van der Waals surface area contributed by atoms with E-state index >= 15 is 0 Å². The van der Waals surface area contributed by atoms with Gasteiger partial charge in [0, 0.05) is 29.9 Å². The van der Waals surface area contributed by atoms with Crippen molar-refractivity contribution in [3.05, 3.63) is 71.1 Å². The monoisotopic (exact) mass is 443 g/mol. The van der Waals surface area contributed by atoms with Crippen molar-refractivity contribution in [1.29, 1.82) is 5.26 Å². The third-order valence-electron chi connectivity index (χ3n) is 6.00. The Labute approximate surface area is 193 Å². The number of imidazole rings is 2. The summed E-state index contributed by atoms with van der Waals surface area (Å²) >= 11 is 0. The van der Waals surface area contributed by atoms with Crippen molar-refractivity contribution in [1.82, 2.24) is 18.8 Å². The van der Waals surface area contributed by atoms with Gasteiger partial charge in [-0.3, -0.25) is 8.80 Å². The van der Waals surface area contributed by atoms with E-state index in [0.717, 1.165) is 22.5 Å². The van der Waals surface area contributed by atoms with Crippen LogP contribution in [-0.2, 0) is 22.0 Å². The molecule has 0 bridgehead atoms. The Bertz CT molecular complexity index is 1400. The van der Waals surface area contributed by atoms with E-state index in [2.05, 4.69) is 51.7 Å². The van der Waals surface area contributed by atoms with Gasteiger partial charge in [-0.05, 0) is 29.9 Å². The maximum Gasteiger partial charge on any atom is 0.356 e. The zero-order valence-corrected chi connectivity index (χ0v) is 20.0. The summed E-state index contributed by atoms with van der Waals surface area (Å²) in [5, 5.41) is 9.97. The van der Waals surface area contributed by atoms with E-state index in [-0.39, 0.29) is 5.41 Å². The van der Waals surface area contributed by atoms with Gasteiger partial charge in [-0.15, -0.1) is 0 Å². The van der Waals surface area contributed by atoms with E-state index in [0.29, 0.717) is 30.1 Å². The fraction of sp³-hybridized carbons (Fsp3) is 0.385. The van der Waals surface area contributed by atoms with E-state index in [1.165, 1.54) is 0 Å². The van der Waals surface area contributed by atoms with Crippen molar-refractivity contribution in [2.75, 3.05) is 6.61 Å².